The van der Waals surface area contributed by atoms with Gasteiger partial charge >= 0.3 is 11.8 Å². The summed E-state index contributed by atoms with van der Waals surface area (Å²) in [5.74, 6) is -1.49. The number of carbonyl (C=O) groups is 3. The van der Waals surface area contributed by atoms with Gasteiger partial charge in [0.05, 0.1) is 23.0 Å². The molecule has 3 rings (SSSR count). The molecule has 1 atom stereocenters. The molecule has 168 valence electrons. The van der Waals surface area contributed by atoms with Crippen LogP contribution < -0.4 is 20.8 Å². The number of anilines is 1. The molecule has 3 N–H and O–H groups in total. The maximum absolute atomic E-state index is 12.0. The molecule has 2 aromatic rings. The zero-order valence-electron chi connectivity index (χ0n) is 17.2. The number of rotatable bonds is 8. The van der Waals surface area contributed by atoms with Gasteiger partial charge in [-0.05, 0) is 54.8 Å². The highest BCUT2D eigenvalue weighted by atomic mass is 35.5. The summed E-state index contributed by atoms with van der Waals surface area (Å²) in [7, 11) is 0. The minimum Gasteiger partial charge on any atom is -0.484 e. The van der Waals surface area contributed by atoms with Gasteiger partial charge in [0.1, 0.15) is 5.75 Å². The van der Waals surface area contributed by atoms with Gasteiger partial charge in [0.2, 0.25) is 0 Å². The van der Waals surface area contributed by atoms with Gasteiger partial charge < -0.3 is 20.1 Å². The Labute approximate surface area is 190 Å². The summed E-state index contributed by atoms with van der Waals surface area (Å²) in [4.78, 5) is 35.5. The van der Waals surface area contributed by atoms with E-state index in [-0.39, 0.29) is 18.6 Å². The van der Waals surface area contributed by atoms with Crippen molar-refractivity contribution >= 4 is 41.2 Å². The molecule has 10 heteroatoms. The van der Waals surface area contributed by atoms with Crippen LogP contribution in [0, 0.1) is 0 Å². The predicted molar refractivity (Wildman–Crippen MR) is 120 cm³/mol. The summed E-state index contributed by atoms with van der Waals surface area (Å²) in [6.45, 7) is 0.792. The fourth-order valence-electron chi connectivity index (χ4n) is 2.86. The lowest BCUT2D eigenvalue weighted by Crippen LogP contribution is -2.41. The Balaban J connectivity index is 1.38. The number of nitrogens with one attached hydrogen (secondary N) is 3. The summed E-state index contributed by atoms with van der Waals surface area (Å²) in [5, 5.41) is 9.39. The molecule has 0 radical (unpaired) electrons. The number of halogens is 1. The van der Waals surface area contributed by atoms with Gasteiger partial charge in [-0.3, -0.25) is 14.4 Å². The zero-order chi connectivity index (χ0) is 22.8. The van der Waals surface area contributed by atoms with Crippen molar-refractivity contribution in [1.82, 2.24) is 10.7 Å². The van der Waals surface area contributed by atoms with Gasteiger partial charge in [0.25, 0.3) is 5.91 Å². The van der Waals surface area contributed by atoms with Crippen molar-refractivity contribution in [3.63, 3.8) is 0 Å². The second kappa shape index (κ2) is 11.8. The van der Waals surface area contributed by atoms with Crippen molar-refractivity contribution in [3.8, 4) is 5.75 Å². The predicted octanol–water partition coefficient (Wildman–Crippen LogP) is 2.10. The maximum atomic E-state index is 12.0. The van der Waals surface area contributed by atoms with Crippen LogP contribution in [0.4, 0.5) is 5.69 Å². The normalized spacial score (nSPS) is 15.3. The highest BCUT2D eigenvalue weighted by Crippen LogP contribution is 2.20. The average Bonchev–Trinajstić information content (AvgIpc) is 3.32. The third kappa shape index (κ3) is 7.36. The van der Waals surface area contributed by atoms with Gasteiger partial charge in [-0.25, -0.2) is 5.43 Å². The Morgan fingerprint density at radius 3 is 2.62 bits per heavy atom. The third-order valence-corrected chi connectivity index (χ3v) is 4.83. The summed E-state index contributed by atoms with van der Waals surface area (Å²) < 4.78 is 10.8. The molecule has 1 aliphatic heterocycles. The topological polar surface area (TPSA) is 118 Å². The van der Waals surface area contributed by atoms with Gasteiger partial charge in [0.15, 0.2) is 6.61 Å². The minimum absolute atomic E-state index is 0.0433. The first kappa shape index (κ1) is 23.2. The number of hydrogen-bond donors (Lipinski definition) is 3. The Morgan fingerprint density at radius 1 is 1.12 bits per heavy atom. The van der Waals surface area contributed by atoms with Crippen LogP contribution >= 0.6 is 11.6 Å². The Bertz CT molecular complexity index is 975. The molecule has 0 bridgehead atoms. The molecule has 1 fully saturated rings. The number of amides is 3. The van der Waals surface area contributed by atoms with Crippen molar-refractivity contribution in [3.05, 3.63) is 59.1 Å². The largest absolute Gasteiger partial charge is 0.484 e. The molecule has 0 unspecified atom stereocenters. The Kier molecular flexibility index (Phi) is 8.59. The first-order chi connectivity index (χ1) is 15.5. The molecule has 0 saturated carbocycles. The van der Waals surface area contributed by atoms with Crippen molar-refractivity contribution in [2.75, 3.05) is 25.1 Å². The smallest absolute Gasteiger partial charge is 0.329 e. The van der Waals surface area contributed by atoms with Crippen molar-refractivity contribution in [2.45, 2.75) is 18.9 Å². The van der Waals surface area contributed by atoms with Crippen molar-refractivity contribution < 1.29 is 23.9 Å². The van der Waals surface area contributed by atoms with Crippen LogP contribution in [0.2, 0.25) is 5.02 Å². The zero-order valence-corrected chi connectivity index (χ0v) is 17.9. The van der Waals surface area contributed by atoms with Crippen LogP contribution in [0.3, 0.4) is 0 Å². The monoisotopic (exact) mass is 458 g/mol. The summed E-state index contributed by atoms with van der Waals surface area (Å²) >= 11 is 6.00. The molecule has 1 saturated heterocycles. The molecule has 0 aromatic heterocycles. The number of para-hydroxylation sites is 1. The van der Waals surface area contributed by atoms with Crippen LogP contribution in [-0.4, -0.2) is 49.8 Å². The van der Waals surface area contributed by atoms with E-state index in [9.17, 15) is 14.4 Å². The van der Waals surface area contributed by atoms with E-state index < -0.39 is 11.8 Å². The number of ether oxygens (including phenoxy) is 2. The average molecular weight is 459 g/mol. The second-order valence-electron chi connectivity index (χ2n) is 6.93. The maximum Gasteiger partial charge on any atom is 0.329 e. The van der Waals surface area contributed by atoms with Crippen LogP contribution in [0.25, 0.3) is 0 Å². The number of hydrazone groups is 1. The molecule has 9 nitrogen and oxygen atoms in total. The summed E-state index contributed by atoms with van der Waals surface area (Å²) in [6.07, 6.45) is 3.17. The van der Waals surface area contributed by atoms with E-state index in [0.717, 1.165) is 12.8 Å². The van der Waals surface area contributed by atoms with Crippen molar-refractivity contribution in [2.24, 2.45) is 5.10 Å². The van der Waals surface area contributed by atoms with Gasteiger partial charge in [-0.15, -0.1) is 0 Å². The highest BCUT2D eigenvalue weighted by molar-refractivity contribution is 6.35. The minimum atomic E-state index is -0.858. The van der Waals surface area contributed by atoms with E-state index in [2.05, 4.69) is 21.2 Å². The van der Waals surface area contributed by atoms with E-state index in [1.807, 2.05) is 0 Å². The van der Waals surface area contributed by atoms with Crippen LogP contribution in [0.5, 0.6) is 5.75 Å². The molecule has 3 amide bonds. The molecular formula is C22H23ClN4O5. The summed E-state index contributed by atoms with van der Waals surface area (Å²) in [5.41, 5.74) is 3.35. The molecule has 2 aromatic carbocycles. The van der Waals surface area contributed by atoms with Crippen molar-refractivity contribution in [1.29, 1.82) is 0 Å². The van der Waals surface area contributed by atoms with Gasteiger partial charge in [0, 0.05) is 13.2 Å². The first-order valence-electron chi connectivity index (χ1n) is 10.0. The van der Waals surface area contributed by atoms with Gasteiger partial charge in [-0.1, -0.05) is 23.7 Å². The molecule has 0 aliphatic carbocycles. The Hall–Kier alpha value is -3.43. The highest BCUT2D eigenvalue weighted by Gasteiger charge is 2.18. The molecule has 32 heavy (non-hydrogen) atoms. The number of carbonyl (C=O) groups excluding carboxylic acids is 3. The fraction of sp³-hybridized carbons (Fsp3) is 0.273. The molecular weight excluding hydrogens is 436 g/mol. The van der Waals surface area contributed by atoms with E-state index in [1.165, 1.54) is 6.21 Å². The lowest BCUT2D eigenvalue weighted by Gasteiger charge is -2.09. The molecule has 1 heterocycles. The standard InChI is InChI=1S/C22H23ClN4O5/c23-18-5-1-2-6-19(18)26-20(28)14-32-16-9-7-15(8-10-16)12-25-27-22(30)21(29)24-13-17-4-3-11-31-17/h1-2,5-10,12,17H,3-4,11,13-14H2,(H,24,29)(H,26,28)(H,27,30)/b25-12-/t17-/m0/s1. The van der Waals surface area contributed by atoms with Gasteiger partial charge in [-0.2, -0.15) is 5.10 Å². The SMILES string of the molecule is O=C(COc1ccc(/C=N\NC(=O)C(=O)NC[C@@H]2CCCO2)cc1)Nc1ccccc1Cl. The van der Waals surface area contributed by atoms with Crippen LogP contribution in [-0.2, 0) is 19.1 Å². The van der Waals surface area contributed by atoms with Crippen LogP contribution in [0.15, 0.2) is 53.6 Å². The quantitative estimate of drug-likeness (QED) is 0.318. The fourth-order valence-corrected chi connectivity index (χ4v) is 3.04. The molecule has 1 aliphatic rings. The summed E-state index contributed by atoms with van der Waals surface area (Å²) in [6, 6.07) is 13.6. The Morgan fingerprint density at radius 2 is 1.91 bits per heavy atom. The van der Waals surface area contributed by atoms with E-state index >= 15 is 0 Å². The van der Waals surface area contributed by atoms with Crippen LogP contribution in [0.1, 0.15) is 18.4 Å². The lowest BCUT2D eigenvalue weighted by molar-refractivity contribution is -0.139. The number of hydrogen-bond acceptors (Lipinski definition) is 6. The lowest BCUT2D eigenvalue weighted by atomic mass is 10.2. The van der Waals surface area contributed by atoms with E-state index in [0.29, 0.717) is 35.2 Å². The number of nitrogens with zero attached hydrogens (tertiary/aromatic N) is 1. The van der Waals surface area contributed by atoms with E-state index in [1.54, 1.807) is 48.5 Å². The van der Waals surface area contributed by atoms with E-state index in [4.69, 9.17) is 21.1 Å². The second-order valence-corrected chi connectivity index (χ2v) is 7.34. The third-order valence-electron chi connectivity index (χ3n) is 4.50. The number of benzene rings is 2. The first-order valence-corrected chi connectivity index (χ1v) is 10.4. The molecule has 0 spiro atoms.